The maximum atomic E-state index is 13.1. The maximum absolute atomic E-state index is 13.1. The van der Waals surface area contributed by atoms with Gasteiger partial charge in [0.25, 0.3) is 11.5 Å². The lowest BCUT2D eigenvalue weighted by molar-refractivity contribution is 0.0732. The molecule has 1 amide bonds. The summed E-state index contributed by atoms with van der Waals surface area (Å²) in [5.41, 5.74) is 3.80. The average molecular weight is 405 g/mol. The van der Waals surface area contributed by atoms with E-state index in [1.807, 2.05) is 42.5 Å². The van der Waals surface area contributed by atoms with Crippen LogP contribution in [-0.4, -0.2) is 31.9 Å². The standard InChI is InChI=1S/C22H17ClN4O2/c23-17-9-5-4-8-15(17)19-12-20-24-18-10-11-26(13-16(18)22(29)27(20)25-19)21(28)14-6-2-1-3-7-14/h1-9,12,25H,10-11,13H2. The highest BCUT2D eigenvalue weighted by Gasteiger charge is 2.26. The predicted molar refractivity (Wildman–Crippen MR) is 111 cm³/mol. The van der Waals surface area contributed by atoms with E-state index in [1.54, 1.807) is 23.1 Å². The van der Waals surface area contributed by atoms with E-state index in [-0.39, 0.29) is 18.0 Å². The molecule has 0 saturated carbocycles. The molecule has 1 N–H and O–H groups in total. The zero-order valence-electron chi connectivity index (χ0n) is 15.4. The van der Waals surface area contributed by atoms with Crippen molar-refractivity contribution in [1.29, 1.82) is 0 Å². The largest absolute Gasteiger partial charge is 0.334 e. The molecule has 0 spiro atoms. The van der Waals surface area contributed by atoms with E-state index < -0.39 is 0 Å². The SMILES string of the molecule is O=C(c1ccccc1)N1CCc2nc3cc(-c4ccccc4Cl)[nH]n3c(=O)c2C1. The van der Waals surface area contributed by atoms with Crippen molar-refractivity contribution in [1.82, 2.24) is 19.5 Å². The van der Waals surface area contributed by atoms with Crippen LogP contribution < -0.4 is 5.56 Å². The van der Waals surface area contributed by atoms with Crippen LogP contribution in [0.4, 0.5) is 0 Å². The summed E-state index contributed by atoms with van der Waals surface area (Å²) in [5.74, 6) is -0.0796. The Balaban J connectivity index is 1.54. The number of aromatic amines is 1. The quantitative estimate of drug-likeness (QED) is 0.555. The molecule has 5 rings (SSSR count). The van der Waals surface area contributed by atoms with E-state index in [0.717, 1.165) is 17.0 Å². The van der Waals surface area contributed by atoms with Crippen LogP contribution in [0.2, 0.25) is 5.02 Å². The highest BCUT2D eigenvalue weighted by molar-refractivity contribution is 6.33. The number of hydrogen-bond donors (Lipinski definition) is 1. The number of amides is 1. The van der Waals surface area contributed by atoms with Gasteiger partial charge in [0, 0.05) is 35.2 Å². The summed E-state index contributed by atoms with van der Waals surface area (Å²) < 4.78 is 1.42. The van der Waals surface area contributed by atoms with Crippen LogP contribution >= 0.6 is 11.6 Å². The van der Waals surface area contributed by atoms with Gasteiger partial charge in [-0.15, -0.1) is 0 Å². The third kappa shape index (κ3) is 3.02. The molecule has 7 heteroatoms. The topological polar surface area (TPSA) is 70.5 Å². The van der Waals surface area contributed by atoms with Crippen LogP contribution in [0, 0.1) is 0 Å². The summed E-state index contributed by atoms with van der Waals surface area (Å²) in [4.78, 5) is 32.3. The van der Waals surface area contributed by atoms with E-state index in [9.17, 15) is 9.59 Å². The highest BCUT2D eigenvalue weighted by Crippen LogP contribution is 2.27. The van der Waals surface area contributed by atoms with Crippen molar-refractivity contribution in [2.75, 3.05) is 6.54 Å². The number of nitrogens with one attached hydrogen (secondary N) is 1. The van der Waals surface area contributed by atoms with Crippen molar-refractivity contribution < 1.29 is 4.79 Å². The molecule has 0 bridgehead atoms. The van der Waals surface area contributed by atoms with Crippen molar-refractivity contribution >= 4 is 23.2 Å². The molecule has 4 aromatic rings. The summed E-state index contributed by atoms with van der Waals surface area (Å²) >= 11 is 6.29. The number of aromatic nitrogens is 3. The fraction of sp³-hybridized carbons (Fsp3) is 0.136. The molecule has 0 saturated heterocycles. The van der Waals surface area contributed by atoms with E-state index in [2.05, 4.69) is 10.1 Å². The average Bonchev–Trinajstić information content (AvgIpc) is 3.18. The molecular formula is C22H17ClN4O2. The molecule has 0 fully saturated rings. The highest BCUT2D eigenvalue weighted by atomic mass is 35.5. The molecule has 6 nitrogen and oxygen atoms in total. The molecule has 0 radical (unpaired) electrons. The third-order valence-corrected chi connectivity index (χ3v) is 5.56. The van der Waals surface area contributed by atoms with Crippen LogP contribution in [0.25, 0.3) is 16.9 Å². The number of hydrogen-bond acceptors (Lipinski definition) is 3. The third-order valence-electron chi connectivity index (χ3n) is 5.23. The Hall–Kier alpha value is -3.38. The van der Waals surface area contributed by atoms with Crippen LogP contribution in [0.3, 0.4) is 0 Å². The van der Waals surface area contributed by atoms with Gasteiger partial charge in [-0.2, -0.15) is 0 Å². The van der Waals surface area contributed by atoms with Crippen LogP contribution in [0.15, 0.2) is 65.5 Å². The molecule has 0 aliphatic carbocycles. The summed E-state index contributed by atoms with van der Waals surface area (Å²) in [7, 11) is 0. The molecule has 144 valence electrons. The Labute approximate surface area is 171 Å². The predicted octanol–water partition coefficient (Wildman–Crippen LogP) is 3.54. The number of carbonyl (C=O) groups excluding carboxylic acids is 1. The Kier molecular flexibility index (Phi) is 4.21. The summed E-state index contributed by atoms with van der Waals surface area (Å²) in [6, 6.07) is 18.4. The van der Waals surface area contributed by atoms with Crippen LogP contribution in [-0.2, 0) is 13.0 Å². The van der Waals surface area contributed by atoms with Gasteiger partial charge in [-0.25, -0.2) is 9.50 Å². The van der Waals surface area contributed by atoms with Crippen molar-refractivity contribution in [2.45, 2.75) is 13.0 Å². The van der Waals surface area contributed by atoms with E-state index in [4.69, 9.17) is 11.6 Å². The zero-order chi connectivity index (χ0) is 20.0. The fourth-order valence-electron chi connectivity index (χ4n) is 3.74. The Morgan fingerprint density at radius 3 is 2.62 bits per heavy atom. The van der Waals surface area contributed by atoms with Gasteiger partial charge >= 0.3 is 0 Å². The molecule has 2 aromatic carbocycles. The van der Waals surface area contributed by atoms with Gasteiger partial charge in [-0.3, -0.25) is 14.7 Å². The van der Waals surface area contributed by atoms with E-state index in [0.29, 0.717) is 34.8 Å². The number of H-pyrrole nitrogens is 1. The minimum Gasteiger partial charge on any atom is -0.334 e. The van der Waals surface area contributed by atoms with Crippen LogP contribution in [0.5, 0.6) is 0 Å². The second kappa shape index (κ2) is 6.90. The first-order valence-electron chi connectivity index (χ1n) is 9.34. The van der Waals surface area contributed by atoms with Crippen molar-refractivity contribution in [3.05, 3.63) is 92.9 Å². The molecule has 29 heavy (non-hydrogen) atoms. The van der Waals surface area contributed by atoms with E-state index >= 15 is 0 Å². The smallest absolute Gasteiger partial charge is 0.277 e. The minimum atomic E-state index is -0.186. The summed E-state index contributed by atoms with van der Waals surface area (Å²) in [6.45, 7) is 0.781. The molecule has 3 heterocycles. The first kappa shape index (κ1) is 17.7. The molecule has 1 aliphatic heterocycles. The van der Waals surface area contributed by atoms with Crippen LogP contribution in [0.1, 0.15) is 21.6 Å². The number of halogens is 1. The number of fused-ring (bicyclic) bond motifs is 2. The molecule has 2 aromatic heterocycles. The van der Waals surface area contributed by atoms with Gasteiger partial charge in [0.15, 0.2) is 5.65 Å². The van der Waals surface area contributed by atoms with Gasteiger partial charge in [-0.05, 0) is 18.2 Å². The normalized spacial score (nSPS) is 13.5. The lowest BCUT2D eigenvalue weighted by Gasteiger charge is -2.27. The molecule has 1 aliphatic rings. The van der Waals surface area contributed by atoms with Crippen molar-refractivity contribution in [3.63, 3.8) is 0 Å². The van der Waals surface area contributed by atoms with Gasteiger partial charge < -0.3 is 4.90 Å². The van der Waals surface area contributed by atoms with Gasteiger partial charge in [0.05, 0.1) is 23.5 Å². The van der Waals surface area contributed by atoms with Crippen molar-refractivity contribution in [2.24, 2.45) is 0 Å². The van der Waals surface area contributed by atoms with E-state index in [1.165, 1.54) is 4.52 Å². The maximum Gasteiger partial charge on any atom is 0.277 e. The Morgan fingerprint density at radius 1 is 1.07 bits per heavy atom. The summed E-state index contributed by atoms with van der Waals surface area (Å²) in [5, 5.41) is 3.69. The molecule has 0 atom stereocenters. The first-order valence-corrected chi connectivity index (χ1v) is 9.72. The first-order chi connectivity index (χ1) is 14.1. The number of rotatable bonds is 2. The Morgan fingerprint density at radius 2 is 1.83 bits per heavy atom. The molecule has 0 unspecified atom stereocenters. The number of benzene rings is 2. The minimum absolute atomic E-state index is 0.0796. The van der Waals surface area contributed by atoms with Crippen molar-refractivity contribution in [3.8, 4) is 11.3 Å². The second-order valence-electron chi connectivity index (χ2n) is 7.03. The monoisotopic (exact) mass is 404 g/mol. The summed E-state index contributed by atoms with van der Waals surface area (Å²) in [6.07, 6.45) is 0.548. The second-order valence-corrected chi connectivity index (χ2v) is 7.44. The lowest BCUT2D eigenvalue weighted by Crippen LogP contribution is -2.40. The van der Waals surface area contributed by atoms with Gasteiger partial charge in [-0.1, -0.05) is 48.0 Å². The van der Waals surface area contributed by atoms with Gasteiger partial charge in [0.2, 0.25) is 0 Å². The zero-order valence-corrected chi connectivity index (χ0v) is 16.2. The number of carbonyl (C=O) groups is 1. The lowest BCUT2D eigenvalue weighted by atomic mass is 10.1. The fourth-order valence-corrected chi connectivity index (χ4v) is 3.97. The Bertz CT molecular complexity index is 1290. The van der Waals surface area contributed by atoms with Gasteiger partial charge in [0.1, 0.15) is 0 Å². The number of nitrogens with zero attached hydrogens (tertiary/aromatic N) is 3. The molecular weight excluding hydrogens is 388 g/mol.